The Morgan fingerprint density at radius 1 is 0.935 bits per heavy atom. The number of carboxylic acids is 1. The molecule has 0 aliphatic heterocycles. The second kappa shape index (κ2) is 10.7. The molecule has 0 radical (unpaired) electrons. The van der Waals surface area contributed by atoms with E-state index in [1.807, 2.05) is 0 Å². The molecule has 7 heteroatoms. The van der Waals surface area contributed by atoms with Crippen LogP contribution < -0.4 is 0 Å². The highest BCUT2D eigenvalue weighted by Gasteiger charge is 2.71. The minimum absolute atomic E-state index is 0.0117. The number of carboxylic acid groups (broad SMARTS) is 1. The van der Waals surface area contributed by atoms with E-state index < -0.39 is 22.8 Å². The smallest absolute Gasteiger partial charge is 0.330 e. The molecule has 46 heavy (non-hydrogen) atoms. The zero-order valence-corrected chi connectivity index (χ0v) is 28.4. The molecule has 0 aromatic heterocycles. The summed E-state index contributed by atoms with van der Waals surface area (Å²) in [5.41, 5.74) is -0.228. The van der Waals surface area contributed by atoms with Crippen LogP contribution in [0.4, 0.5) is 0 Å². The summed E-state index contributed by atoms with van der Waals surface area (Å²) in [4.78, 5) is 39.7. The normalized spacial score (nSPS) is 39.3. The number of hydrogen-bond acceptors (Lipinski definition) is 6. The van der Waals surface area contributed by atoms with Crippen LogP contribution in [0.3, 0.4) is 0 Å². The van der Waals surface area contributed by atoms with E-state index in [1.54, 1.807) is 12.1 Å². The van der Waals surface area contributed by atoms with Gasteiger partial charge in [-0.25, -0.2) is 4.79 Å². The van der Waals surface area contributed by atoms with E-state index >= 15 is 0 Å². The Hall–Kier alpha value is -3.09. The second-order valence-electron chi connectivity index (χ2n) is 17.3. The highest BCUT2D eigenvalue weighted by atomic mass is 16.5. The van der Waals surface area contributed by atoms with Crippen LogP contribution in [-0.4, -0.2) is 39.6 Å². The molecule has 0 heterocycles. The maximum atomic E-state index is 13.3. The zero-order chi connectivity index (χ0) is 33.5. The number of phenols is 2. The first kappa shape index (κ1) is 32.8. The van der Waals surface area contributed by atoms with Gasteiger partial charge in [-0.2, -0.15) is 0 Å². The van der Waals surface area contributed by atoms with Gasteiger partial charge in [0.25, 0.3) is 0 Å². The lowest BCUT2D eigenvalue weighted by atomic mass is 9.33. The van der Waals surface area contributed by atoms with E-state index in [4.69, 9.17) is 4.74 Å². The summed E-state index contributed by atoms with van der Waals surface area (Å²) in [6.45, 7) is 13.7. The number of carbonyl (C=O) groups is 3. The summed E-state index contributed by atoms with van der Waals surface area (Å²) in [5, 5.41) is 30.3. The average Bonchev–Trinajstić information content (AvgIpc) is 2.98. The van der Waals surface area contributed by atoms with Gasteiger partial charge in [0.05, 0.1) is 5.41 Å². The van der Waals surface area contributed by atoms with Crippen LogP contribution in [0, 0.1) is 50.2 Å². The fourth-order valence-corrected chi connectivity index (χ4v) is 11.6. The van der Waals surface area contributed by atoms with Gasteiger partial charge in [0, 0.05) is 23.3 Å². The molecule has 0 bridgehead atoms. The highest BCUT2D eigenvalue weighted by Crippen LogP contribution is 2.75. The van der Waals surface area contributed by atoms with E-state index in [1.165, 1.54) is 23.8 Å². The van der Waals surface area contributed by atoms with Gasteiger partial charge in [-0.05, 0) is 116 Å². The zero-order valence-electron chi connectivity index (χ0n) is 28.4. The summed E-state index contributed by atoms with van der Waals surface area (Å²) < 4.78 is 6.20. The van der Waals surface area contributed by atoms with Crippen molar-refractivity contribution in [3.63, 3.8) is 0 Å². The number of rotatable bonds is 5. The van der Waals surface area contributed by atoms with Crippen LogP contribution in [0.1, 0.15) is 111 Å². The Labute approximate surface area is 273 Å². The first-order valence-electron chi connectivity index (χ1n) is 17.3. The molecule has 4 saturated carbocycles. The average molecular weight is 633 g/mol. The van der Waals surface area contributed by atoms with Crippen molar-refractivity contribution in [2.75, 3.05) is 6.61 Å². The number of carbonyl (C=O) groups excluding carboxylic acids is 2. The van der Waals surface area contributed by atoms with Crippen molar-refractivity contribution in [1.82, 2.24) is 0 Å². The van der Waals surface area contributed by atoms with Gasteiger partial charge in [0.1, 0.15) is 12.4 Å². The number of aliphatic carboxylic acids is 1. The monoisotopic (exact) mass is 632 g/mol. The largest absolute Gasteiger partial charge is 0.504 e. The summed E-state index contributed by atoms with van der Waals surface area (Å²) >= 11 is 0. The quantitative estimate of drug-likeness (QED) is 0.130. The number of Topliss-reactive ketones (excluding diaryl/α,β-unsaturated/α-hetero) is 1. The van der Waals surface area contributed by atoms with Crippen molar-refractivity contribution >= 4 is 23.8 Å². The van der Waals surface area contributed by atoms with Gasteiger partial charge in [0.15, 0.2) is 11.5 Å². The topological polar surface area (TPSA) is 121 Å². The lowest BCUT2D eigenvalue weighted by molar-refractivity contribution is -0.202. The summed E-state index contributed by atoms with van der Waals surface area (Å²) in [5.74, 6) is -0.896. The molecule has 6 rings (SSSR count). The molecule has 0 amide bonds. The van der Waals surface area contributed by atoms with E-state index in [0.29, 0.717) is 37.0 Å². The third-order valence-corrected chi connectivity index (χ3v) is 14.4. The maximum Gasteiger partial charge on any atom is 0.330 e. The van der Waals surface area contributed by atoms with Crippen LogP contribution in [0.15, 0.2) is 35.9 Å². The number of fused-ring (bicyclic) bond motifs is 7. The summed E-state index contributed by atoms with van der Waals surface area (Å²) in [6.07, 6.45) is 13.0. The first-order chi connectivity index (χ1) is 21.4. The minimum Gasteiger partial charge on any atom is -0.504 e. The Bertz CT molecular complexity index is 1520. The van der Waals surface area contributed by atoms with Crippen molar-refractivity contribution in [3.8, 4) is 11.5 Å². The molecule has 7 unspecified atom stereocenters. The van der Waals surface area contributed by atoms with Crippen LogP contribution in [-0.2, 0) is 19.1 Å². The summed E-state index contributed by atoms with van der Waals surface area (Å²) in [7, 11) is 0. The molecule has 5 aliphatic rings. The number of hydrogen-bond donors (Lipinski definition) is 3. The van der Waals surface area contributed by atoms with Gasteiger partial charge in [-0.3, -0.25) is 9.59 Å². The molecule has 4 fully saturated rings. The Morgan fingerprint density at radius 3 is 2.35 bits per heavy atom. The lowest BCUT2D eigenvalue weighted by Crippen LogP contribution is -2.66. The predicted octanol–water partition coefficient (Wildman–Crippen LogP) is 8.09. The summed E-state index contributed by atoms with van der Waals surface area (Å²) in [6, 6.07) is 4.37. The Balaban J connectivity index is 1.41. The van der Waals surface area contributed by atoms with E-state index in [0.717, 1.165) is 38.5 Å². The molecule has 250 valence electrons. The number of aromatic hydroxyl groups is 2. The van der Waals surface area contributed by atoms with Crippen LogP contribution in [0.5, 0.6) is 11.5 Å². The molecule has 3 N–H and O–H groups in total. The molecular weight excluding hydrogens is 580 g/mol. The third-order valence-electron chi connectivity index (χ3n) is 14.4. The Kier molecular flexibility index (Phi) is 7.65. The molecule has 1 aromatic carbocycles. The van der Waals surface area contributed by atoms with Crippen molar-refractivity contribution in [2.45, 2.75) is 106 Å². The lowest BCUT2D eigenvalue weighted by Gasteiger charge is -2.70. The van der Waals surface area contributed by atoms with Gasteiger partial charge >= 0.3 is 11.9 Å². The van der Waals surface area contributed by atoms with Gasteiger partial charge in [0.2, 0.25) is 0 Å². The number of phenolic OH excluding ortho intramolecular Hbond substituents is 2. The number of allylic oxidation sites excluding steroid dienone is 1. The molecular formula is C39H52O7. The molecule has 7 atom stereocenters. The van der Waals surface area contributed by atoms with E-state index in [2.05, 4.69) is 47.6 Å². The van der Waals surface area contributed by atoms with E-state index in [-0.39, 0.29) is 57.5 Å². The SMILES string of the molecule is CC1(C)CCC2(C(=O)O)CCC3(COC(=O)/C=C/c4ccc(O)c(O)c4)C(=CCC4C5(C)CCC(=O)C(C)(C)C5CCC43C)C2C1. The number of esters is 1. The molecule has 1 aromatic rings. The molecule has 0 saturated heterocycles. The van der Waals surface area contributed by atoms with Crippen LogP contribution in [0.2, 0.25) is 0 Å². The first-order valence-corrected chi connectivity index (χ1v) is 17.3. The fourth-order valence-electron chi connectivity index (χ4n) is 11.6. The van der Waals surface area contributed by atoms with E-state index in [9.17, 15) is 29.7 Å². The minimum atomic E-state index is -0.806. The van der Waals surface area contributed by atoms with Crippen molar-refractivity contribution < 1.29 is 34.4 Å². The maximum absolute atomic E-state index is 13.3. The van der Waals surface area contributed by atoms with Crippen LogP contribution in [0.25, 0.3) is 6.08 Å². The predicted molar refractivity (Wildman–Crippen MR) is 176 cm³/mol. The van der Waals surface area contributed by atoms with Crippen molar-refractivity contribution in [1.29, 1.82) is 0 Å². The number of ether oxygens (including phenoxy) is 1. The van der Waals surface area contributed by atoms with Gasteiger partial charge in [-0.15, -0.1) is 0 Å². The molecule has 7 nitrogen and oxygen atoms in total. The third kappa shape index (κ3) is 4.69. The van der Waals surface area contributed by atoms with Crippen molar-refractivity contribution in [2.24, 2.45) is 50.2 Å². The molecule has 0 spiro atoms. The second-order valence-corrected chi connectivity index (χ2v) is 17.3. The van der Waals surface area contributed by atoms with Crippen molar-refractivity contribution in [3.05, 3.63) is 41.5 Å². The van der Waals surface area contributed by atoms with Gasteiger partial charge in [-0.1, -0.05) is 59.3 Å². The highest BCUT2D eigenvalue weighted by molar-refractivity contribution is 5.87. The van der Waals surface area contributed by atoms with Crippen LogP contribution >= 0.6 is 0 Å². The standard InChI is InChI=1S/C39H52O7/c1-34(2)17-18-38(33(44)45)19-20-39(23-46-32(43)12-8-24-7-10-27(40)28(41)21-24)25(26(38)22-34)9-11-30-36(5)15-14-31(42)35(3,4)29(36)13-16-37(30,39)6/h7-10,12,21,26,29-30,40-41H,11,13-20,22-23H2,1-6H3,(H,44,45)/b12-8+. The Morgan fingerprint density at radius 2 is 1.65 bits per heavy atom. The van der Waals surface area contributed by atoms with Gasteiger partial charge < -0.3 is 20.1 Å². The molecule has 5 aliphatic carbocycles. The number of ketones is 1. The number of benzene rings is 1. The fraction of sp³-hybridized carbons (Fsp3) is 0.667.